The molecule has 30 heavy (non-hydrogen) atoms. The molecule has 2 aliphatic rings. The van der Waals surface area contributed by atoms with E-state index in [9.17, 15) is 4.79 Å². The van der Waals surface area contributed by atoms with Crippen molar-refractivity contribution < 1.29 is 4.79 Å². The molecule has 3 N–H and O–H groups in total. The zero-order chi connectivity index (χ0) is 20.8. The number of rotatable bonds is 3. The summed E-state index contributed by atoms with van der Waals surface area (Å²) in [5, 5.41) is 4.80. The minimum Gasteiger partial charge on any atom is -0.355 e. The first-order valence-electron chi connectivity index (χ1n) is 10.7. The number of fused-ring (bicyclic) bond motifs is 1. The molecule has 2 fully saturated rings. The van der Waals surface area contributed by atoms with Crippen LogP contribution >= 0.6 is 0 Å². The zero-order valence-corrected chi connectivity index (χ0v) is 17.5. The first-order chi connectivity index (χ1) is 14.5. The van der Waals surface area contributed by atoms with E-state index in [0.29, 0.717) is 12.4 Å². The molecule has 9 nitrogen and oxygen atoms in total. The van der Waals surface area contributed by atoms with Crippen LogP contribution in [0.2, 0.25) is 0 Å². The van der Waals surface area contributed by atoms with Crippen molar-refractivity contribution in [2.45, 2.75) is 51.6 Å². The zero-order valence-electron chi connectivity index (χ0n) is 17.5. The molecular formula is C21H28N8O. The number of aromatic amines is 1. The number of aryl methyl sites for hydroxylation is 2. The van der Waals surface area contributed by atoms with Gasteiger partial charge in [0.15, 0.2) is 11.5 Å². The molecule has 0 radical (unpaired) electrons. The minimum atomic E-state index is -0.0688. The molecule has 5 rings (SSSR count). The Hall–Kier alpha value is -2.94. The average molecular weight is 409 g/mol. The monoisotopic (exact) mass is 408 g/mol. The number of hydrogen-bond donors (Lipinski definition) is 2. The first-order valence-corrected chi connectivity index (χ1v) is 10.7. The van der Waals surface area contributed by atoms with Gasteiger partial charge in [-0.1, -0.05) is 0 Å². The largest absolute Gasteiger partial charge is 0.355 e. The third kappa shape index (κ3) is 3.32. The molecule has 2 aliphatic heterocycles. The van der Waals surface area contributed by atoms with Gasteiger partial charge in [0, 0.05) is 49.7 Å². The SMILES string of the molecule is Cc1c[nH]c(C(=O)N2CCCC[C@H]2c2cc3nc(N4CC[C@H](N)C4)c(C)cn3n2)n1. The number of anilines is 1. The Morgan fingerprint density at radius 3 is 2.80 bits per heavy atom. The van der Waals surface area contributed by atoms with Gasteiger partial charge in [-0.05, 0) is 39.5 Å². The van der Waals surface area contributed by atoms with Crippen molar-refractivity contribution in [3.8, 4) is 0 Å². The number of likely N-dealkylation sites (tertiary alicyclic amines) is 1. The van der Waals surface area contributed by atoms with E-state index in [2.05, 4.69) is 21.8 Å². The fraction of sp³-hybridized carbons (Fsp3) is 0.524. The summed E-state index contributed by atoms with van der Waals surface area (Å²) in [6, 6.07) is 2.15. The van der Waals surface area contributed by atoms with E-state index in [-0.39, 0.29) is 18.0 Å². The van der Waals surface area contributed by atoms with E-state index in [1.807, 2.05) is 28.6 Å². The van der Waals surface area contributed by atoms with Gasteiger partial charge in [-0.15, -0.1) is 0 Å². The second-order valence-electron chi connectivity index (χ2n) is 8.51. The van der Waals surface area contributed by atoms with Crippen LogP contribution in [-0.4, -0.2) is 61.0 Å². The Morgan fingerprint density at radius 2 is 2.07 bits per heavy atom. The number of carbonyl (C=O) groups is 1. The van der Waals surface area contributed by atoms with Crippen LogP contribution < -0.4 is 10.6 Å². The number of H-pyrrole nitrogens is 1. The molecule has 3 aromatic heterocycles. The maximum atomic E-state index is 13.1. The van der Waals surface area contributed by atoms with Crippen molar-refractivity contribution in [3.63, 3.8) is 0 Å². The topological polar surface area (TPSA) is 108 Å². The highest BCUT2D eigenvalue weighted by molar-refractivity contribution is 5.91. The maximum Gasteiger partial charge on any atom is 0.290 e. The fourth-order valence-corrected chi connectivity index (χ4v) is 4.62. The summed E-state index contributed by atoms with van der Waals surface area (Å²) in [7, 11) is 0. The van der Waals surface area contributed by atoms with Gasteiger partial charge in [-0.3, -0.25) is 4.79 Å². The molecule has 0 unspecified atom stereocenters. The summed E-state index contributed by atoms with van der Waals surface area (Å²) >= 11 is 0. The summed E-state index contributed by atoms with van der Waals surface area (Å²) in [6.07, 6.45) is 7.73. The van der Waals surface area contributed by atoms with E-state index < -0.39 is 0 Å². The van der Waals surface area contributed by atoms with Crippen LogP contribution in [0.4, 0.5) is 5.82 Å². The molecule has 0 saturated carbocycles. The highest BCUT2D eigenvalue weighted by Gasteiger charge is 2.32. The number of nitrogens with two attached hydrogens (primary N) is 1. The second kappa shape index (κ2) is 7.39. The van der Waals surface area contributed by atoms with Crippen molar-refractivity contribution in [2.75, 3.05) is 24.5 Å². The van der Waals surface area contributed by atoms with Crippen LogP contribution in [-0.2, 0) is 0 Å². The summed E-state index contributed by atoms with van der Waals surface area (Å²) < 4.78 is 1.83. The molecule has 5 heterocycles. The number of piperidine rings is 1. The number of nitrogens with zero attached hydrogens (tertiary/aromatic N) is 6. The molecule has 9 heteroatoms. The number of carbonyl (C=O) groups excluding carboxylic acids is 1. The van der Waals surface area contributed by atoms with Crippen molar-refractivity contribution in [1.29, 1.82) is 0 Å². The summed E-state index contributed by atoms with van der Waals surface area (Å²) in [5.74, 6) is 1.30. The fourth-order valence-electron chi connectivity index (χ4n) is 4.62. The van der Waals surface area contributed by atoms with Gasteiger partial charge in [0.25, 0.3) is 5.91 Å². The lowest BCUT2D eigenvalue weighted by Crippen LogP contribution is -2.39. The molecule has 3 aromatic rings. The second-order valence-corrected chi connectivity index (χ2v) is 8.51. The third-order valence-electron chi connectivity index (χ3n) is 6.16. The van der Waals surface area contributed by atoms with Crippen LogP contribution in [0.25, 0.3) is 5.65 Å². The average Bonchev–Trinajstić information content (AvgIpc) is 3.46. The lowest BCUT2D eigenvalue weighted by Gasteiger charge is -2.34. The normalized spacial score (nSPS) is 22.2. The van der Waals surface area contributed by atoms with Crippen LogP contribution in [0, 0.1) is 13.8 Å². The molecule has 2 atom stereocenters. The molecule has 1 amide bonds. The Morgan fingerprint density at radius 1 is 1.20 bits per heavy atom. The maximum absolute atomic E-state index is 13.1. The van der Waals surface area contributed by atoms with Gasteiger partial charge in [-0.25, -0.2) is 14.5 Å². The summed E-state index contributed by atoms with van der Waals surface area (Å²) in [4.78, 5) is 29.5. The molecule has 2 saturated heterocycles. The van der Waals surface area contributed by atoms with Crippen molar-refractivity contribution in [3.05, 3.63) is 41.2 Å². The Balaban J connectivity index is 1.47. The highest BCUT2D eigenvalue weighted by Crippen LogP contribution is 2.32. The van der Waals surface area contributed by atoms with Gasteiger partial charge in [0.05, 0.1) is 17.4 Å². The van der Waals surface area contributed by atoms with E-state index in [0.717, 1.165) is 67.2 Å². The van der Waals surface area contributed by atoms with E-state index in [1.165, 1.54) is 0 Å². The Bertz CT molecular complexity index is 1090. The Labute approximate surface area is 175 Å². The Kier molecular flexibility index (Phi) is 4.69. The van der Waals surface area contributed by atoms with Crippen LogP contribution in [0.15, 0.2) is 18.5 Å². The van der Waals surface area contributed by atoms with Crippen molar-refractivity contribution in [1.82, 2.24) is 29.5 Å². The summed E-state index contributed by atoms with van der Waals surface area (Å²) in [5.41, 5.74) is 9.67. The van der Waals surface area contributed by atoms with Crippen molar-refractivity contribution in [2.24, 2.45) is 5.73 Å². The number of imidazole rings is 1. The molecular weight excluding hydrogens is 380 g/mol. The standard InChI is InChI=1S/C21H28N8O/c1-13-11-29-18(25-20(13)27-8-6-15(22)12-27)9-16(26-29)17-5-3-4-7-28(17)21(30)19-23-10-14(2)24-19/h9-11,15,17H,3-8,12,22H2,1-2H3,(H,23,24)/t15-,17-/m0/s1. The number of nitrogens with one attached hydrogen (secondary N) is 1. The van der Waals surface area contributed by atoms with Crippen LogP contribution in [0.3, 0.4) is 0 Å². The van der Waals surface area contributed by atoms with Crippen LogP contribution in [0.1, 0.15) is 59.3 Å². The predicted molar refractivity (Wildman–Crippen MR) is 113 cm³/mol. The van der Waals surface area contributed by atoms with Gasteiger partial charge in [0.1, 0.15) is 5.82 Å². The van der Waals surface area contributed by atoms with Gasteiger partial charge >= 0.3 is 0 Å². The number of aromatic nitrogens is 5. The van der Waals surface area contributed by atoms with Crippen LogP contribution in [0.5, 0.6) is 0 Å². The van der Waals surface area contributed by atoms with Crippen molar-refractivity contribution >= 4 is 17.4 Å². The predicted octanol–water partition coefficient (Wildman–Crippen LogP) is 1.97. The van der Waals surface area contributed by atoms with Gasteiger partial charge in [0.2, 0.25) is 0 Å². The molecule has 0 bridgehead atoms. The molecule has 0 spiro atoms. The number of hydrogen-bond acceptors (Lipinski definition) is 6. The van der Waals surface area contributed by atoms with E-state index >= 15 is 0 Å². The molecule has 0 aliphatic carbocycles. The van der Waals surface area contributed by atoms with Gasteiger partial charge < -0.3 is 20.5 Å². The van der Waals surface area contributed by atoms with E-state index in [4.69, 9.17) is 15.8 Å². The lowest BCUT2D eigenvalue weighted by atomic mass is 9.99. The van der Waals surface area contributed by atoms with E-state index in [1.54, 1.807) is 6.20 Å². The van der Waals surface area contributed by atoms with Gasteiger partial charge in [-0.2, -0.15) is 5.10 Å². The number of amides is 1. The smallest absolute Gasteiger partial charge is 0.290 e. The summed E-state index contributed by atoms with van der Waals surface area (Å²) in [6.45, 7) is 6.41. The molecule has 0 aromatic carbocycles. The molecule has 158 valence electrons. The quantitative estimate of drug-likeness (QED) is 0.686. The third-order valence-corrected chi connectivity index (χ3v) is 6.16. The highest BCUT2D eigenvalue weighted by atomic mass is 16.2. The minimum absolute atomic E-state index is 0.0673. The lowest BCUT2D eigenvalue weighted by molar-refractivity contribution is 0.0594. The first kappa shape index (κ1) is 19.0.